The summed E-state index contributed by atoms with van der Waals surface area (Å²) in [5, 5.41) is 30.2. The highest BCUT2D eigenvalue weighted by atomic mass is 35.5. The Morgan fingerprint density at radius 3 is 1.29 bits per heavy atom. The molecule has 0 rings (SSSR count). The van der Waals surface area contributed by atoms with Crippen LogP contribution in [-0.4, -0.2) is 105 Å². The summed E-state index contributed by atoms with van der Waals surface area (Å²) in [7, 11) is 0. The molecule has 0 radical (unpaired) electrons. The fourth-order valence-corrected chi connectivity index (χ4v) is 4.62. The lowest BCUT2D eigenvalue weighted by molar-refractivity contribution is -0.229. The maximum absolute atomic E-state index is 10.2. The Bertz CT molecular complexity index is 576. The lowest BCUT2D eigenvalue weighted by Crippen LogP contribution is -2.54. The van der Waals surface area contributed by atoms with E-state index in [1.165, 1.54) is 0 Å². The Balaban J connectivity index is 5.31. The number of hydrogen-bond acceptors (Lipinski definition) is 7. The van der Waals surface area contributed by atoms with Gasteiger partial charge in [0.1, 0.15) is 18.3 Å². The molecule has 0 aromatic rings. The van der Waals surface area contributed by atoms with Crippen molar-refractivity contribution in [2.24, 2.45) is 0 Å². The molecule has 0 aromatic heterocycles. The van der Waals surface area contributed by atoms with E-state index >= 15 is 0 Å². The number of aliphatic hydroxyl groups is 3. The number of alkyl halides is 4. The second-order valence-electron chi connectivity index (χ2n) is 10.5. The van der Waals surface area contributed by atoms with Gasteiger partial charge in [0, 0.05) is 0 Å². The van der Waals surface area contributed by atoms with Crippen LogP contribution in [0.25, 0.3) is 0 Å². The van der Waals surface area contributed by atoms with E-state index in [9.17, 15) is 15.3 Å². The summed E-state index contributed by atoms with van der Waals surface area (Å²) in [6.45, 7) is 13.8. The van der Waals surface area contributed by atoms with Crippen molar-refractivity contribution in [3.05, 3.63) is 0 Å². The van der Waals surface area contributed by atoms with Crippen molar-refractivity contribution in [2.75, 3.05) is 36.7 Å². The van der Waals surface area contributed by atoms with Gasteiger partial charge in [-0.1, -0.05) is 0 Å². The summed E-state index contributed by atoms with van der Waals surface area (Å²) in [6, 6.07) is 0. The molecule has 0 aromatic carbocycles. The highest BCUT2D eigenvalue weighted by molar-refractivity contribution is 6.19. The van der Waals surface area contributed by atoms with Crippen molar-refractivity contribution in [1.82, 2.24) is 0 Å². The highest BCUT2D eigenvalue weighted by Gasteiger charge is 2.42. The number of aliphatic hydroxyl groups excluding tert-OH is 3. The number of rotatable bonds is 18. The molecule has 0 aliphatic carbocycles. The van der Waals surface area contributed by atoms with Crippen LogP contribution >= 0.6 is 46.4 Å². The minimum Gasteiger partial charge on any atom is -0.394 e. The highest BCUT2D eigenvalue weighted by Crippen LogP contribution is 2.30. The normalized spacial score (nSPS) is 18.4. The minimum absolute atomic E-state index is 0.00795. The van der Waals surface area contributed by atoms with Crippen molar-refractivity contribution in [1.29, 1.82) is 0 Å². The third-order valence-corrected chi connectivity index (χ3v) is 7.08. The van der Waals surface area contributed by atoms with E-state index in [2.05, 4.69) is 0 Å². The predicted octanol–water partition coefficient (Wildman–Crippen LogP) is 3.94. The van der Waals surface area contributed by atoms with Crippen LogP contribution in [0, 0.1) is 0 Å². The molecule has 0 bridgehead atoms. The Hall–Kier alpha value is 0.880. The first-order chi connectivity index (χ1) is 15.4. The SMILES string of the molecule is CC(C)(OC(CCl)C(C)(C)OCC(CO)OC(C)(C)C(CCl)OC(C)(C)C(O)CCl)C(O)CCl. The lowest BCUT2D eigenvalue weighted by Gasteiger charge is -2.43. The maximum Gasteiger partial charge on any atom is 0.105 e. The van der Waals surface area contributed by atoms with Gasteiger partial charge < -0.3 is 34.3 Å². The molecule has 7 nitrogen and oxygen atoms in total. The molecule has 0 aliphatic heterocycles. The number of ether oxygens (including phenoxy) is 4. The van der Waals surface area contributed by atoms with Crippen LogP contribution in [0.15, 0.2) is 0 Å². The zero-order valence-corrected chi connectivity index (χ0v) is 24.6. The van der Waals surface area contributed by atoms with Gasteiger partial charge >= 0.3 is 0 Å². The molecule has 34 heavy (non-hydrogen) atoms. The van der Waals surface area contributed by atoms with Crippen molar-refractivity contribution in [3.63, 3.8) is 0 Å². The fraction of sp³-hybridized carbons (Fsp3) is 1.00. The van der Waals surface area contributed by atoms with Gasteiger partial charge in [0.2, 0.25) is 0 Å². The quantitative estimate of drug-likeness (QED) is 0.214. The van der Waals surface area contributed by atoms with E-state index in [-0.39, 0.29) is 36.7 Å². The molecule has 0 aliphatic rings. The van der Waals surface area contributed by atoms with Gasteiger partial charge in [-0.15, -0.1) is 46.4 Å². The van der Waals surface area contributed by atoms with Crippen LogP contribution in [0.5, 0.6) is 0 Å². The molecule has 0 spiro atoms. The number of hydrogen-bond donors (Lipinski definition) is 3. The molecule has 0 amide bonds. The topological polar surface area (TPSA) is 97.6 Å². The smallest absolute Gasteiger partial charge is 0.105 e. The van der Waals surface area contributed by atoms with Gasteiger partial charge in [-0.05, 0) is 55.4 Å². The van der Waals surface area contributed by atoms with Crippen molar-refractivity contribution in [3.8, 4) is 0 Å². The van der Waals surface area contributed by atoms with E-state index in [1.54, 1.807) is 41.5 Å². The van der Waals surface area contributed by atoms with E-state index in [4.69, 9.17) is 65.4 Å². The largest absolute Gasteiger partial charge is 0.394 e. The van der Waals surface area contributed by atoms with E-state index < -0.39 is 52.9 Å². The molecule has 0 saturated heterocycles. The molecule has 11 heteroatoms. The van der Waals surface area contributed by atoms with Crippen molar-refractivity contribution < 1.29 is 34.3 Å². The Labute approximate surface area is 225 Å². The van der Waals surface area contributed by atoms with E-state index in [0.29, 0.717) is 0 Å². The molecular formula is C23H44Cl4O7. The Morgan fingerprint density at radius 2 is 0.971 bits per heavy atom. The van der Waals surface area contributed by atoms with Crippen LogP contribution in [-0.2, 0) is 18.9 Å². The summed E-state index contributed by atoms with van der Waals surface area (Å²) >= 11 is 23.9. The molecule has 0 saturated carbocycles. The van der Waals surface area contributed by atoms with E-state index in [0.717, 1.165) is 0 Å². The molecule has 5 unspecified atom stereocenters. The van der Waals surface area contributed by atoms with E-state index in [1.807, 2.05) is 13.8 Å². The Kier molecular flexibility index (Phi) is 15.1. The van der Waals surface area contributed by atoms with Crippen LogP contribution in [0.4, 0.5) is 0 Å². The summed E-state index contributed by atoms with van der Waals surface area (Å²) in [6.07, 6.45) is -3.68. The summed E-state index contributed by atoms with van der Waals surface area (Å²) < 4.78 is 24.3. The van der Waals surface area contributed by atoms with Gasteiger partial charge in [0.15, 0.2) is 0 Å². The number of halogens is 4. The average molecular weight is 574 g/mol. The van der Waals surface area contributed by atoms with Crippen LogP contribution in [0.3, 0.4) is 0 Å². The maximum atomic E-state index is 10.2. The third kappa shape index (κ3) is 10.7. The molecule has 206 valence electrons. The molecule has 0 fully saturated rings. The van der Waals surface area contributed by atoms with Gasteiger partial charge in [0.05, 0.1) is 71.3 Å². The Morgan fingerprint density at radius 1 is 0.588 bits per heavy atom. The first-order valence-corrected chi connectivity index (χ1v) is 13.5. The first-order valence-electron chi connectivity index (χ1n) is 11.3. The second-order valence-corrected chi connectivity index (χ2v) is 11.7. The van der Waals surface area contributed by atoms with Gasteiger partial charge in [-0.2, -0.15) is 0 Å². The molecule has 5 atom stereocenters. The molecule has 0 heterocycles. The predicted molar refractivity (Wildman–Crippen MR) is 139 cm³/mol. The third-order valence-electron chi connectivity index (χ3n) is 5.94. The first kappa shape index (κ1) is 34.9. The summed E-state index contributed by atoms with van der Waals surface area (Å²) in [4.78, 5) is 0. The van der Waals surface area contributed by atoms with Gasteiger partial charge in [0.25, 0.3) is 0 Å². The zero-order valence-electron chi connectivity index (χ0n) is 21.6. The van der Waals surface area contributed by atoms with Crippen LogP contribution < -0.4 is 0 Å². The zero-order chi connectivity index (χ0) is 27.0. The molecule has 3 N–H and O–H groups in total. The van der Waals surface area contributed by atoms with Crippen LogP contribution in [0.2, 0.25) is 0 Å². The fourth-order valence-electron chi connectivity index (χ4n) is 3.01. The standard InChI is InChI=1S/C23H44Cl4O7/c1-20(2,16(29)9-24)33-18(11-26)22(5,6)31-14-15(13-28)32-23(7,8)19(12-27)34-21(3,4)17(30)10-25/h15-19,28-30H,9-14H2,1-8H3. The second kappa shape index (κ2) is 14.7. The van der Waals surface area contributed by atoms with Crippen LogP contribution in [0.1, 0.15) is 55.4 Å². The molecular weight excluding hydrogens is 530 g/mol. The summed E-state index contributed by atoms with van der Waals surface area (Å²) in [5.74, 6) is 0.229. The van der Waals surface area contributed by atoms with Crippen molar-refractivity contribution in [2.45, 2.75) is 108 Å². The minimum atomic E-state index is -0.958. The summed E-state index contributed by atoms with van der Waals surface area (Å²) in [5.41, 5.74) is -3.70. The van der Waals surface area contributed by atoms with Gasteiger partial charge in [-0.25, -0.2) is 0 Å². The van der Waals surface area contributed by atoms with Gasteiger partial charge in [-0.3, -0.25) is 0 Å². The monoisotopic (exact) mass is 572 g/mol. The average Bonchev–Trinajstić information content (AvgIpc) is 2.76. The lowest BCUT2D eigenvalue weighted by atomic mass is 9.98. The van der Waals surface area contributed by atoms with Crippen molar-refractivity contribution >= 4 is 46.4 Å².